The van der Waals surface area contributed by atoms with Crippen LogP contribution in [-0.2, 0) is 23.0 Å². The molecule has 9 nitrogen and oxygen atoms in total. The molecule has 0 spiro atoms. The van der Waals surface area contributed by atoms with E-state index >= 15 is 0 Å². The predicted octanol–water partition coefficient (Wildman–Crippen LogP) is 6.26. The first-order valence-electron chi connectivity index (χ1n) is 12.9. The van der Waals surface area contributed by atoms with Crippen LogP contribution in [0.15, 0.2) is 83.9 Å². The lowest BCUT2D eigenvalue weighted by atomic mass is 10.00. The van der Waals surface area contributed by atoms with Crippen LogP contribution in [0, 0.1) is 0 Å². The molecule has 0 atom stereocenters. The van der Waals surface area contributed by atoms with Crippen LogP contribution in [0.1, 0.15) is 12.6 Å². The number of halogens is 5. The minimum atomic E-state index is -4.86. The summed E-state index contributed by atoms with van der Waals surface area (Å²) in [5, 5.41) is 12.2. The quantitative estimate of drug-likeness (QED) is 0.188. The first kappa shape index (κ1) is 30.8. The summed E-state index contributed by atoms with van der Waals surface area (Å²) in [6, 6.07) is 17.7. The van der Waals surface area contributed by atoms with Crippen LogP contribution in [0.3, 0.4) is 0 Å². The third-order valence-electron chi connectivity index (χ3n) is 6.71. The smallest absolute Gasteiger partial charge is 0.406 e. The second kappa shape index (κ2) is 11.1. The molecule has 15 heteroatoms. The Bertz CT molecular complexity index is 1930. The number of rotatable bonds is 8. The zero-order valence-electron chi connectivity index (χ0n) is 23.7. The van der Waals surface area contributed by atoms with E-state index in [1.165, 1.54) is 67.0 Å². The molecule has 3 aromatic carbocycles. The second-order valence-corrected chi connectivity index (χ2v) is 12.2. The van der Waals surface area contributed by atoms with Gasteiger partial charge in [-0.05, 0) is 59.7 Å². The van der Waals surface area contributed by atoms with E-state index in [0.29, 0.717) is 39.3 Å². The fourth-order valence-corrected chi connectivity index (χ4v) is 5.47. The van der Waals surface area contributed by atoms with Crippen molar-refractivity contribution >= 4 is 10.0 Å². The van der Waals surface area contributed by atoms with Crippen LogP contribution in [0.4, 0.5) is 22.0 Å². The van der Waals surface area contributed by atoms with E-state index in [4.69, 9.17) is 0 Å². The Hall–Kier alpha value is -4.63. The topological polar surface area (TPSA) is 95.1 Å². The van der Waals surface area contributed by atoms with Crippen molar-refractivity contribution < 1.29 is 35.1 Å². The van der Waals surface area contributed by atoms with Gasteiger partial charge in [0.25, 0.3) is 5.92 Å². The van der Waals surface area contributed by atoms with E-state index in [1.54, 1.807) is 30.3 Å². The number of ether oxygens (including phenoxy) is 1. The van der Waals surface area contributed by atoms with Gasteiger partial charge in [0.2, 0.25) is 10.0 Å². The minimum Gasteiger partial charge on any atom is -0.406 e. The zero-order valence-corrected chi connectivity index (χ0v) is 24.5. The van der Waals surface area contributed by atoms with Crippen molar-refractivity contribution in [3.8, 4) is 45.1 Å². The van der Waals surface area contributed by atoms with Crippen LogP contribution < -0.4 is 4.74 Å². The fourth-order valence-electron chi connectivity index (χ4n) is 4.52. The number of hydrogen-bond donors (Lipinski definition) is 0. The largest absolute Gasteiger partial charge is 0.573 e. The van der Waals surface area contributed by atoms with Crippen LogP contribution >= 0.6 is 0 Å². The van der Waals surface area contributed by atoms with Crippen molar-refractivity contribution in [2.75, 3.05) is 14.1 Å². The molecule has 0 unspecified atom stereocenters. The Balaban J connectivity index is 1.68. The number of hydrogen-bond acceptors (Lipinski definition) is 6. The molecule has 5 aromatic rings. The summed E-state index contributed by atoms with van der Waals surface area (Å²) in [6.07, 6.45) is -3.46. The number of aromatic nitrogens is 5. The maximum absolute atomic E-state index is 14.2. The Morgan fingerprint density at radius 3 is 2.11 bits per heavy atom. The second-order valence-electron chi connectivity index (χ2n) is 10.1. The van der Waals surface area contributed by atoms with Gasteiger partial charge < -0.3 is 4.74 Å². The van der Waals surface area contributed by atoms with Gasteiger partial charge in [-0.2, -0.15) is 13.9 Å². The highest BCUT2D eigenvalue weighted by atomic mass is 32.2. The average Bonchev–Trinajstić information content (AvgIpc) is 3.59. The Kier molecular flexibility index (Phi) is 7.80. The van der Waals surface area contributed by atoms with Crippen molar-refractivity contribution in [1.29, 1.82) is 0 Å². The van der Waals surface area contributed by atoms with Gasteiger partial charge >= 0.3 is 6.36 Å². The van der Waals surface area contributed by atoms with Crippen molar-refractivity contribution in [2.45, 2.75) is 24.1 Å². The van der Waals surface area contributed by atoms with E-state index in [9.17, 15) is 30.4 Å². The van der Waals surface area contributed by atoms with Gasteiger partial charge in [-0.15, -0.1) is 18.3 Å². The van der Waals surface area contributed by atoms with Crippen molar-refractivity contribution in [3.05, 3.63) is 84.7 Å². The van der Waals surface area contributed by atoms with Gasteiger partial charge in [-0.3, -0.25) is 4.68 Å². The molecular formula is C29H25F5N6O3S. The summed E-state index contributed by atoms with van der Waals surface area (Å²) < 4.78 is 99.8. The average molecular weight is 633 g/mol. The lowest BCUT2D eigenvalue weighted by Crippen LogP contribution is -2.22. The van der Waals surface area contributed by atoms with Crippen LogP contribution in [-0.4, -0.2) is 58.0 Å². The molecule has 5 rings (SSSR count). The molecule has 0 aliphatic heterocycles. The molecule has 0 amide bonds. The number of nitrogens with zero attached hydrogens (tertiary/aromatic N) is 6. The number of aryl methyl sites for hydroxylation is 1. The number of benzene rings is 3. The predicted molar refractivity (Wildman–Crippen MR) is 152 cm³/mol. The standard InChI is InChI=1S/C29H25F5N6O3S/c1-28(30,31)27-16-24(39(4)36-27)23-13-10-20(19-6-5-7-22(14-19)44(41,42)38(2)3)15-25(23)40-26(17-35-37-40)18-8-11-21(12-9-18)43-29(32,33)34/h5-17H,1-4H3. The summed E-state index contributed by atoms with van der Waals surface area (Å²) in [7, 11) is 0.612. The monoisotopic (exact) mass is 632 g/mol. The van der Waals surface area contributed by atoms with Gasteiger partial charge in [0.1, 0.15) is 11.4 Å². The highest BCUT2D eigenvalue weighted by molar-refractivity contribution is 7.89. The van der Waals surface area contributed by atoms with Gasteiger partial charge in [-0.25, -0.2) is 17.4 Å². The van der Waals surface area contributed by atoms with E-state index in [0.717, 1.165) is 23.4 Å². The maximum atomic E-state index is 14.2. The molecule has 0 bridgehead atoms. The molecule has 0 aliphatic carbocycles. The molecular weight excluding hydrogens is 607 g/mol. The number of alkyl halides is 5. The molecule has 44 heavy (non-hydrogen) atoms. The first-order chi connectivity index (χ1) is 20.5. The summed E-state index contributed by atoms with van der Waals surface area (Å²) in [5.74, 6) is -3.63. The van der Waals surface area contributed by atoms with Crippen molar-refractivity contribution in [2.24, 2.45) is 7.05 Å². The summed E-state index contributed by atoms with van der Waals surface area (Å²) >= 11 is 0. The third-order valence-corrected chi connectivity index (χ3v) is 8.52. The lowest BCUT2D eigenvalue weighted by molar-refractivity contribution is -0.274. The van der Waals surface area contributed by atoms with Gasteiger partial charge in [0.05, 0.1) is 28.2 Å². The van der Waals surface area contributed by atoms with E-state index in [-0.39, 0.29) is 4.90 Å². The van der Waals surface area contributed by atoms with Gasteiger partial charge in [0, 0.05) is 39.2 Å². The Labute approximate surface area is 249 Å². The van der Waals surface area contributed by atoms with E-state index < -0.39 is 33.8 Å². The molecule has 0 radical (unpaired) electrons. The summed E-state index contributed by atoms with van der Waals surface area (Å²) in [4.78, 5) is 0.0645. The highest BCUT2D eigenvalue weighted by Gasteiger charge is 2.31. The van der Waals surface area contributed by atoms with Gasteiger partial charge in [-0.1, -0.05) is 29.5 Å². The van der Waals surface area contributed by atoms with E-state index in [1.807, 2.05) is 0 Å². The molecule has 0 saturated heterocycles. The van der Waals surface area contributed by atoms with Crippen LogP contribution in [0.2, 0.25) is 0 Å². The molecule has 2 aromatic heterocycles. The normalized spacial score (nSPS) is 12.6. The Morgan fingerprint density at radius 1 is 0.841 bits per heavy atom. The minimum absolute atomic E-state index is 0.0645. The molecule has 0 aliphatic rings. The van der Waals surface area contributed by atoms with Crippen LogP contribution in [0.5, 0.6) is 5.75 Å². The Morgan fingerprint density at radius 2 is 1.50 bits per heavy atom. The third kappa shape index (κ3) is 6.19. The fraction of sp³-hybridized carbons (Fsp3) is 0.207. The van der Waals surface area contributed by atoms with Gasteiger partial charge in [0.15, 0.2) is 0 Å². The highest BCUT2D eigenvalue weighted by Crippen LogP contribution is 2.37. The van der Waals surface area contributed by atoms with E-state index in [2.05, 4.69) is 20.1 Å². The molecule has 2 heterocycles. The molecule has 0 fully saturated rings. The SMILES string of the molecule is CN(C)S(=O)(=O)c1cccc(-c2ccc(-c3cc(C(C)(F)F)nn3C)c(-n3nncc3-c3ccc(OC(F)(F)F)cc3)c2)c1. The summed E-state index contributed by atoms with van der Waals surface area (Å²) in [6.45, 7) is 0.736. The molecule has 0 saturated carbocycles. The molecule has 230 valence electrons. The summed E-state index contributed by atoms with van der Waals surface area (Å²) in [5.41, 5.74) is 2.58. The van der Waals surface area contributed by atoms with Crippen molar-refractivity contribution in [1.82, 2.24) is 29.1 Å². The molecule has 0 N–H and O–H groups in total. The zero-order chi connectivity index (χ0) is 32.0. The lowest BCUT2D eigenvalue weighted by Gasteiger charge is -2.16. The van der Waals surface area contributed by atoms with Crippen molar-refractivity contribution in [3.63, 3.8) is 0 Å². The first-order valence-corrected chi connectivity index (χ1v) is 14.4. The van der Waals surface area contributed by atoms with Crippen LogP contribution in [0.25, 0.3) is 39.3 Å². The number of sulfonamides is 1. The maximum Gasteiger partial charge on any atom is 0.573 e.